The van der Waals surface area contributed by atoms with Crippen molar-refractivity contribution in [1.29, 1.82) is 0 Å². The molecular weight excluding hydrogens is 348 g/mol. The van der Waals surface area contributed by atoms with Crippen LogP contribution in [0.2, 0.25) is 0 Å². The van der Waals surface area contributed by atoms with Crippen LogP contribution in [0.3, 0.4) is 0 Å². The highest BCUT2D eigenvalue weighted by molar-refractivity contribution is 7.89. The molecule has 26 heavy (non-hydrogen) atoms. The van der Waals surface area contributed by atoms with Crippen LogP contribution in [-0.4, -0.2) is 37.8 Å². The predicted octanol–water partition coefficient (Wildman–Crippen LogP) is 3.34. The van der Waals surface area contributed by atoms with E-state index in [-0.39, 0.29) is 11.9 Å². The average Bonchev–Trinajstić information content (AvgIpc) is 3.14. The molecule has 1 aliphatic rings. The Kier molecular flexibility index (Phi) is 7.65. The number of nitrogens with one attached hydrogen (secondary N) is 1. The second kappa shape index (κ2) is 9.51. The van der Waals surface area contributed by atoms with Crippen molar-refractivity contribution < 1.29 is 13.2 Å². The van der Waals surface area contributed by atoms with Gasteiger partial charge in [-0.2, -0.15) is 4.31 Å². The molecule has 1 heterocycles. The molecule has 6 heteroatoms. The standard InChI is InChI=1S/C20H32N2O3S/c1-16(2)6-7-17(3)21-20(23)13-10-18-8-11-19(12-9-18)26(24,25)22-14-4-5-15-22/h8-9,11-12,16-17H,4-7,10,13-15H2,1-3H3,(H,21,23). The third-order valence-corrected chi connectivity index (χ3v) is 6.76. The van der Waals surface area contributed by atoms with E-state index in [4.69, 9.17) is 0 Å². The fraction of sp³-hybridized carbons (Fsp3) is 0.650. The molecule has 1 atom stereocenters. The Morgan fingerprint density at radius 2 is 1.69 bits per heavy atom. The van der Waals surface area contributed by atoms with Gasteiger partial charge in [-0.25, -0.2) is 8.42 Å². The predicted molar refractivity (Wildman–Crippen MR) is 104 cm³/mol. The van der Waals surface area contributed by atoms with Gasteiger partial charge in [-0.1, -0.05) is 26.0 Å². The molecule has 0 radical (unpaired) electrons. The molecule has 1 N–H and O–H groups in total. The van der Waals surface area contributed by atoms with Gasteiger partial charge in [-0.15, -0.1) is 0 Å². The Hall–Kier alpha value is -1.40. The zero-order valence-electron chi connectivity index (χ0n) is 16.2. The summed E-state index contributed by atoms with van der Waals surface area (Å²) in [5.41, 5.74) is 0.982. The van der Waals surface area contributed by atoms with Gasteiger partial charge in [-0.3, -0.25) is 4.79 Å². The summed E-state index contributed by atoms with van der Waals surface area (Å²) in [5, 5.41) is 3.04. The summed E-state index contributed by atoms with van der Waals surface area (Å²) in [6.45, 7) is 7.63. The second-order valence-electron chi connectivity index (χ2n) is 7.69. The van der Waals surface area contributed by atoms with Crippen molar-refractivity contribution >= 4 is 15.9 Å². The molecule has 0 spiro atoms. The molecule has 5 nitrogen and oxygen atoms in total. The number of aryl methyl sites for hydroxylation is 1. The van der Waals surface area contributed by atoms with Gasteiger partial charge in [0.1, 0.15) is 0 Å². The van der Waals surface area contributed by atoms with Crippen LogP contribution >= 0.6 is 0 Å². The highest BCUT2D eigenvalue weighted by atomic mass is 32.2. The van der Waals surface area contributed by atoms with Crippen molar-refractivity contribution in [1.82, 2.24) is 9.62 Å². The van der Waals surface area contributed by atoms with Gasteiger partial charge in [0.15, 0.2) is 0 Å². The van der Waals surface area contributed by atoms with E-state index < -0.39 is 10.0 Å². The molecule has 0 saturated carbocycles. The summed E-state index contributed by atoms with van der Waals surface area (Å²) >= 11 is 0. The number of carbonyl (C=O) groups excluding carboxylic acids is 1. The first-order valence-corrected chi connectivity index (χ1v) is 11.1. The lowest BCUT2D eigenvalue weighted by Gasteiger charge is -2.16. The van der Waals surface area contributed by atoms with Gasteiger partial charge in [0, 0.05) is 25.6 Å². The lowest BCUT2D eigenvalue weighted by atomic mass is 10.0. The first-order chi connectivity index (χ1) is 12.3. The van der Waals surface area contributed by atoms with E-state index >= 15 is 0 Å². The molecular formula is C20H32N2O3S. The van der Waals surface area contributed by atoms with E-state index in [0.717, 1.165) is 31.2 Å². The summed E-state index contributed by atoms with van der Waals surface area (Å²) < 4.78 is 26.6. The molecule has 1 aromatic carbocycles. The molecule has 146 valence electrons. The van der Waals surface area contributed by atoms with Crippen molar-refractivity contribution in [3.05, 3.63) is 29.8 Å². The molecule has 1 unspecified atom stereocenters. The van der Waals surface area contributed by atoms with E-state index in [9.17, 15) is 13.2 Å². The molecule has 0 aromatic heterocycles. The summed E-state index contributed by atoms with van der Waals surface area (Å²) in [5.74, 6) is 0.694. The van der Waals surface area contributed by atoms with Crippen molar-refractivity contribution in [2.45, 2.75) is 70.2 Å². The minimum atomic E-state index is -3.36. The highest BCUT2D eigenvalue weighted by Crippen LogP contribution is 2.21. The minimum absolute atomic E-state index is 0.0509. The highest BCUT2D eigenvalue weighted by Gasteiger charge is 2.26. The number of carbonyl (C=O) groups is 1. The molecule has 0 aliphatic carbocycles. The van der Waals surface area contributed by atoms with Crippen LogP contribution in [0.5, 0.6) is 0 Å². The van der Waals surface area contributed by atoms with Gasteiger partial charge < -0.3 is 5.32 Å². The molecule has 1 fully saturated rings. The average molecular weight is 381 g/mol. The lowest BCUT2D eigenvalue weighted by molar-refractivity contribution is -0.121. The maximum Gasteiger partial charge on any atom is 0.243 e. The third-order valence-electron chi connectivity index (χ3n) is 4.85. The van der Waals surface area contributed by atoms with Gasteiger partial charge >= 0.3 is 0 Å². The Labute approximate surface area is 158 Å². The topological polar surface area (TPSA) is 66.5 Å². The van der Waals surface area contributed by atoms with Crippen LogP contribution in [0.15, 0.2) is 29.2 Å². The van der Waals surface area contributed by atoms with Crippen LogP contribution in [0.1, 0.15) is 58.4 Å². The Morgan fingerprint density at radius 3 is 2.27 bits per heavy atom. The molecule has 0 bridgehead atoms. The van der Waals surface area contributed by atoms with Crippen molar-refractivity contribution in [2.24, 2.45) is 5.92 Å². The minimum Gasteiger partial charge on any atom is -0.354 e. The maximum absolute atomic E-state index is 12.5. The molecule has 1 aromatic rings. The van der Waals surface area contributed by atoms with Crippen LogP contribution < -0.4 is 5.32 Å². The largest absolute Gasteiger partial charge is 0.354 e. The van der Waals surface area contributed by atoms with E-state index in [1.54, 1.807) is 16.4 Å². The third kappa shape index (κ3) is 6.09. The van der Waals surface area contributed by atoms with Crippen molar-refractivity contribution in [3.8, 4) is 0 Å². The van der Waals surface area contributed by atoms with Gasteiger partial charge in [0.05, 0.1) is 4.90 Å². The normalized spacial score (nSPS) is 16.8. The summed E-state index contributed by atoms with van der Waals surface area (Å²) in [6, 6.07) is 7.15. The van der Waals surface area contributed by atoms with E-state index in [1.165, 1.54) is 0 Å². The molecule has 1 amide bonds. The van der Waals surface area contributed by atoms with Crippen molar-refractivity contribution in [2.75, 3.05) is 13.1 Å². The van der Waals surface area contributed by atoms with Crippen LogP contribution in [-0.2, 0) is 21.2 Å². The quantitative estimate of drug-likeness (QED) is 0.714. The number of sulfonamides is 1. The monoisotopic (exact) mass is 380 g/mol. The number of hydrogen-bond acceptors (Lipinski definition) is 3. The zero-order valence-corrected chi connectivity index (χ0v) is 17.0. The summed E-state index contributed by atoms with van der Waals surface area (Å²) in [7, 11) is -3.36. The SMILES string of the molecule is CC(C)CCC(C)NC(=O)CCc1ccc(S(=O)(=O)N2CCCC2)cc1. The first-order valence-electron chi connectivity index (χ1n) is 9.67. The lowest BCUT2D eigenvalue weighted by Crippen LogP contribution is -2.32. The first kappa shape index (κ1) is 20.9. The van der Waals surface area contributed by atoms with Gasteiger partial charge in [-0.05, 0) is 62.6 Å². The van der Waals surface area contributed by atoms with Crippen LogP contribution in [0, 0.1) is 5.92 Å². The summed E-state index contributed by atoms with van der Waals surface area (Å²) in [4.78, 5) is 12.4. The fourth-order valence-corrected chi connectivity index (χ4v) is 4.68. The Morgan fingerprint density at radius 1 is 1.08 bits per heavy atom. The molecule has 1 saturated heterocycles. The van der Waals surface area contributed by atoms with E-state index in [1.807, 2.05) is 19.1 Å². The van der Waals surface area contributed by atoms with Gasteiger partial charge in [0.25, 0.3) is 0 Å². The number of nitrogens with zero attached hydrogens (tertiary/aromatic N) is 1. The molecule has 2 rings (SSSR count). The number of amides is 1. The van der Waals surface area contributed by atoms with Crippen molar-refractivity contribution in [3.63, 3.8) is 0 Å². The van der Waals surface area contributed by atoms with Crippen LogP contribution in [0.4, 0.5) is 0 Å². The Bertz CT molecular complexity index is 678. The second-order valence-corrected chi connectivity index (χ2v) is 9.63. The number of hydrogen-bond donors (Lipinski definition) is 1. The van der Waals surface area contributed by atoms with E-state index in [0.29, 0.717) is 36.7 Å². The molecule has 1 aliphatic heterocycles. The van der Waals surface area contributed by atoms with Crippen LogP contribution in [0.25, 0.3) is 0 Å². The zero-order chi connectivity index (χ0) is 19.2. The number of rotatable bonds is 9. The maximum atomic E-state index is 12.5. The van der Waals surface area contributed by atoms with Gasteiger partial charge in [0.2, 0.25) is 15.9 Å². The van der Waals surface area contributed by atoms with E-state index in [2.05, 4.69) is 19.2 Å². The fourth-order valence-electron chi connectivity index (χ4n) is 3.17. The number of benzene rings is 1. The smallest absolute Gasteiger partial charge is 0.243 e. The Balaban J connectivity index is 1.82. The summed E-state index contributed by atoms with van der Waals surface area (Å²) in [6.07, 6.45) is 5.00.